The van der Waals surface area contributed by atoms with E-state index in [0.717, 1.165) is 29.0 Å². The van der Waals surface area contributed by atoms with Crippen molar-refractivity contribution >= 4 is 11.6 Å². The van der Waals surface area contributed by atoms with Gasteiger partial charge in [-0.3, -0.25) is 0 Å². The first-order valence-corrected chi connectivity index (χ1v) is 10.8. The molecule has 0 spiro atoms. The molecular formula is C25H35ClO. The molecule has 2 aromatic rings. The molecule has 148 valence electrons. The van der Waals surface area contributed by atoms with E-state index in [0.29, 0.717) is 5.92 Å². The van der Waals surface area contributed by atoms with Crippen molar-refractivity contribution in [3.05, 3.63) is 57.6 Å². The lowest BCUT2D eigenvalue weighted by molar-refractivity contribution is 0.280. The zero-order valence-corrected chi connectivity index (χ0v) is 18.4. The Hall–Kier alpha value is -1.31. The van der Waals surface area contributed by atoms with E-state index in [1.165, 1.54) is 41.5 Å². The topological polar surface area (TPSA) is 20.2 Å². The summed E-state index contributed by atoms with van der Waals surface area (Å²) >= 11 is 6.98. The van der Waals surface area contributed by atoms with Gasteiger partial charge >= 0.3 is 0 Å². The first-order valence-electron chi connectivity index (χ1n) is 10.5. The van der Waals surface area contributed by atoms with Crippen LogP contribution >= 0.6 is 11.6 Å². The second kappa shape index (κ2) is 10.3. The van der Waals surface area contributed by atoms with E-state index in [4.69, 9.17) is 11.6 Å². The second-order valence-electron chi connectivity index (χ2n) is 8.12. The Morgan fingerprint density at radius 2 is 1.44 bits per heavy atom. The summed E-state index contributed by atoms with van der Waals surface area (Å²) in [6.45, 7) is 11.1. The van der Waals surface area contributed by atoms with Crippen LogP contribution in [0.3, 0.4) is 0 Å². The smallest absolute Gasteiger partial charge is 0.0691 e. The van der Waals surface area contributed by atoms with E-state index in [1.807, 2.05) is 6.07 Å². The number of hydrogen-bond donors (Lipinski definition) is 1. The van der Waals surface area contributed by atoms with Crippen LogP contribution in [0.15, 0.2) is 30.3 Å². The zero-order valence-electron chi connectivity index (χ0n) is 17.6. The number of rotatable bonds is 9. The van der Waals surface area contributed by atoms with Crippen LogP contribution in [-0.2, 0) is 13.0 Å². The van der Waals surface area contributed by atoms with E-state index < -0.39 is 0 Å². The Kier molecular flexibility index (Phi) is 8.38. The lowest BCUT2D eigenvalue weighted by atomic mass is 9.80. The monoisotopic (exact) mass is 386 g/mol. The largest absolute Gasteiger partial charge is 0.392 e. The molecule has 0 saturated heterocycles. The van der Waals surface area contributed by atoms with Gasteiger partial charge in [0, 0.05) is 5.02 Å². The van der Waals surface area contributed by atoms with Crippen LogP contribution in [0.2, 0.25) is 5.02 Å². The Labute approximate surface area is 170 Å². The third-order valence-electron chi connectivity index (χ3n) is 5.38. The summed E-state index contributed by atoms with van der Waals surface area (Å²) in [4.78, 5) is 0. The van der Waals surface area contributed by atoms with Gasteiger partial charge in [0.15, 0.2) is 0 Å². The van der Waals surface area contributed by atoms with Gasteiger partial charge < -0.3 is 5.11 Å². The van der Waals surface area contributed by atoms with Crippen molar-refractivity contribution in [2.24, 2.45) is 0 Å². The average Bonchev–Trinajstić information content (AvgIpc) is 2.64. The van der Waals surface area contributed by atoms with Crippen LogP contribution < -0.4 is 0 Å². The third kappa shape index (κ3) is 4.95. The van der Waals surface area contributed by atoms with Gasteiger partial charge in [-0.1, -0.05) is 95.8 Å². The fourth-order valence-electron chi connectivity index (χ4n) is 4.17. The number of benzene rings is 2. The maximum Gasteiger partial charge on any atom is 0.0691 e. The van der Waals surface area contributed by atoms with Gasteiger partial charge in [0.1, 0.15) is 0 Å². The number of hydrogen-bond acceptors (Lipinski definition) is 1. The van der Waals surface area contributed by atoms with Gasteiger partial charge in [-0.05, 0) is 58.1 Å². The molecule has 2 heteroatoms. The summed E-state index contributed by atoms with van der Waals surface area (Å²) in [7, 11) is 0. The highest BCUT2D eigenvalue weighted by molar-refractivity contribution is 6.32. The molecule has 0 aliphatic carbocycles. The van der Waals surface area contributed by atoms with E-state index in [1.54, 1.807) is 0 Å². The molecule has 0 bridgehead atoms. The number of halogens is 1. The SMILES string of the molecule is CCCCCCc1c(-c2ccccc2)c(CO)c(C(C)C)c(Cl)c1C(C)C. The van der Waals surface area contributed by atoms with E-state index in [-0.39, 0.29) is 12.5 Å². The van der Waals surface area contributed by atoms with Gasteiger partial charge in [-0.2, -0.15) is 0 Å². The Balaban J connectivity index is 2.78. The standard InChI is InChI=1S/C25H35ClO/c1-6-7-8-12-15-20-22(17(2)3)25(26)23(18(4)5)21(16-27)24(20)19-13-10-9-11-14-19/h9-11,13-14,17-18,27H,6-8,12,15-16H2,1-5H3. The molecule has 0 heterocycles. The summed E-state index contributed by atoms with van der Waals surface area (Å²) in [5.74, 6) is 0.625. The van der Waals surface area contributed by atoms with Crippen LogP contribution in [0.25, 0.3) is 11.1 Å². The first-order chi connectivity index (χ1) is 12.9. The van der Waals surface area contributed by atoms with E-state index >= 15 is 0 Å². The Morgan fingerprint density at radius 1 is 0.852 bits per heavy atom. The molecule has 1 N–H and O–H groups in total. The zero-order chi connectivity index (χ0) is 20.0. The number of unbranched alkanes of at least 4 members (excludes halogenated alkanes) is 3. The molecule has 0 radical (unpaired) electrons. The molecule has 0 atom stereocenters. The fourth-order valence-corrected chi connectivity index (χ4v) is 4.84. The Bertz CT molecular complexity index is 732. The molecule has 0 saturated carbocycles. The third-order valence-corrected chi connectivity index (χ3v) is 5.79. The van der Waals surface area contributed by atoms with Gasteiger partial charge in [0.05, 0.1) is 6.61 Å². The van der Waals surface area contributed by atoms with Crippen molar-refractivity contribution in [2.45, 2.75) is 85.2 Å². The first kappa shape index (κ1) is 22.0. The number of aliphatic hydroxyl groups is 1. The molecule has 0 amide bonds. The van der Waals surface area contributed by atoms with Crippen molar-refractivity contribution in [3.63, 3.8) is 0 Å². The summed E-state index contributed by atoms with van der Waals surface area (Å²) in [6.07, 6.45) is 5.92. The van der Waals surface area contributed by atoms with Crippen LogP contribution in [0.5, 0.6) is 0 Å². The highest BCUT2D eigenvalue weighted by atomic mass is 35.5. The average molecular weight is 387 g/mol. The molecule has 0 aliphatic heterocycles. The van der Waals surface area contributed by atoms with Crippen LogP contribution in [0.1, 0.15) is 94.4 Å². The molecule has 2 rings (SSSR count). The molecule has 0 aromatic heterocycles. The fraction of sp³-hybridized carbons (Fsp3) is 0.520. The minimum atomic E-state index is 0.0256. The van der Waals surface area contributed by atoms with E-state index in [2.05, 4.69) is 58.9 Å². The minimum Gasteiger partial charge on any atom is -0.392 e. The predicted octanol–water partition coefficient (Wildman–Crippen LogP) is 7.87. The maximum absolute atomic E-state index is 10.3. The van der Waals surface area contributed by atoms with Crippen LogP contribution in [0.4, 0.5) is 0 Å². The van der Waals surface area contributed by atoms with Crippen molar-refractivity contribution in [2.75, 3.05) is 0 Å². The summed E-state index contributed by atoms with van der Waals surface area (Å²) < 4.78 is 0. The van der Waals surface area contributed by atoms with Gasteiger partial charge in [0.25, 0.3) is 0 Å². The Morgan fingerprint density at radius 3 is 1.96 bits per heavy atom. The van der Waals surface area contributed by atoms with Gasteiger partial charge in [-0.25, -0.2) is 0 Å². The highest BCUT2D eigenvalue weighted by Gasteiger charge is 2.25. The molecule has 0 aliphatic rings. The van der Waals surface area contributed by atoms with Gasteiger partial charge in [-0.15, -0.1) is 0 Å². The minimum absolute atomic E-state index is 0.0256. The molecule has 1 nitrogen and oxygen atoms in total. The van der Waals surface area contributed by atoms with Gasteiger partial charge in [0.2, 0.25) is 0 Å². The molecule has 0 fully saturated rings. The maximum atomic E-state index is 10.3. The summed E-state index contributed by atoms with van der Waals surface area (Å²) in [5, 5.41) is 11.2. The lowest BCUT2D eigenvalue weighted by Gasteiger charge is -2.27. The van der Waals surface area contributed by atoms with Crippen molar-refractivity contribution in [1.29, 1.82) is 0 Å². The second-order valence-corrected chi connectivity index (χ2v) is 8.50. The van der Waals surface area contributed by atoms with Crippen LogP contribution in [0, 0.1) is 0 Å². The molecular weight excluding hydrogens is 352 g/mol. The van der Waals surface area contributed by atoms with Crippen molar-refractivity contribution in [3.8, 4) is 11.1 Å². The quantitative estimate of drug-likeness (QED) is 0.434. The number of aliphatic hydroxyl groups excluding tert-OH is 1. The summed E-state index contributed by atoms with van der Waals surface area (Å²) in [5.41, 5.74) is 7.13. The normalized spacial score (nSPS) is 11.6. The summed E-state index contributed by atoms with van der Waals surface area (Å²) in [6, 6.07) is 10.5. The predicted molar refractivity (Wildman–Crippen MR) is 119 cm³/mol. The van der Waals surface area contributed by atoms with Crippen molar-refractivity contribution < 1.29 is 5.11 Å². The van der Waals surface area contributed by atoms with E-state index in [9.17, 15) is 5.11 Å². The highest BCUT2D eigenvalue weighted by Crippen LogP contribution is 2.44. The lowest BCUT2D eigenvalue weighted by Crippen LogP contribution is -2.10. The van der Waals surface area contributed by atoms with Crippen molar-refractivity contribution in [1.82, 2.24) is 0 Å². The molecule has 0 unspecified atom stereocenters. The van der Waals surface area contributed by atoms with Crippen LogP contribution in [-0.4, -0.2) is 5.11 Å². The molecule has 2 aromatic carbocycles. The molecule has 27 heavy (non-hydrogen) atoms.